The summed E-state index contributed by atoms with van der Waals surface area (Å²) in [4.78, 5) is 0. The van der Waals surface area contributed by atoms with Crippen molar-refractivity contribution in [1.29, 1.82) is 0 Å². The highest BCUT2D eigenvalue weighted by atomic mass is 16.5. The molecule has 2 nitrogen and oxygen atoms in total. The normalized spacial score (nSPS) is 22.5. The van der Waals surface area contributed by atoms with Crippen molar-refractivity contribution in [2.45, 2.75) is 58.6 Å². The van der Waals surface area contributed by atoms with Gasteiger partial charge in [-0.3, -0.25) is 0 Å². The molecule has 0 aromatic carbocycles. The van der Waals surface area contributed by atoms with Crippen LogP contribution in [0.25, 0.3) is 0 Å². The molecule has 0 aromatic heterocycles. The van der Waals surface area contributed by atoms with Crippen LogP contribution in [-0.2, 0) is 4.74 Å². The molecule has 0 amide bonds. The van der Waals surface area contributed by atoms with Gasteiger partial charge < -0.3 is 10.1 Å². The topological polar surface area (TPSA) is 21.3 Å². The van der Waals surface area contributed by atoms with Crippen molar-refractivity contribution in [1.82, 2.24) is 5.32 Å². The summed E-state index contributed by atoms with van der Waals surface area (Å²) in [5.41, 5.74) is 0. The molecule has 2 atom stereocenters. The molecule has 1 N–H and O–H groups in total. The Morgan fingerprint density at radius 2 is 1.93 bits per heavy atom. The highest BCUT2D eigenvalue weighted by Gasteiger charge is 2.28. The molecule has 0 spiro atoms. The zero-order chi connectivity index (χ0) is 10.4. The van der Waals surface area contributed by atoms with Gasteiger partial charge >= 0.3 is 0 Å². The summed E-state index contributed by atoms with van der Waals surface area (Å²) in [7, 11) is 0. The second-order valence-corrected chi connectivity index (χ2v) is 4.29. The van der Waals surface area contributed by atoms with Crippen molar-refractivity contribution in [3.8, 4) is 0 Å². The van der Waals surface area contributed by atoms with Gasteiger partial charge in [0.2, 0.25) is 0 Å². The van der Waals surface area contributed by atoms with Crippen molar-refractivity contribution < 1.29 is 4.74 Å². The molecule has 1 rings (SSSR count). The van der Waals surface area contributed by atoms with Gasteiger partial charge in [-0.2, -0.15) is 0 Å². The van der Waals surface area contributed by atoms with E-state index >= 15 is 0 Å². The van der Waals surface area contributed by atoms with E-state index in [4.69, 9.17) is 4.74 Å². The summed E-state index contributed by atoms with van der Waals surface area (Å²) in [6.45, 7) is 8.35. The predicted octanol–water partition coefficient (Wildman–Crippen LogP) is 2.58. The molecule has 1 saturated carbocycles. The Labute approximate surface area is 88.4 Å². The molecule has 0 aliphatic heterocycles. The summed E-state index contributed by atoms with van der Waals surface area (Å²) >= 11 is 0. The van der Waals surface area contributed by atoms with Crippen molar-refractivity contribution in [2.75, 3.05) is 13.2 Å². The van der Waals surface area contributed by atoms with Crippen LogP contribution in [0.4, 0.5) is 0 Å². The average molecular weight is 199 g/mol. The zero-order valence-electron chi connectivity index (χ0n) is 9.88. The Bertz CT molecular complexity index is 143. The van der Waals surface area contributed by atoms with Gasteiger partial charge in [0.15, 0.2) is 0 Å². The minimum absolute atomic E-state index is 0.364. The number of hydrogen-bond donors (Lipinski definition) is 1. The van der Waals surface area contributed by atoms with E-state index in [1.807, 2.05) is 0 Å². The van der Waals surface area contributed by atoms with Gasteiger partial charge in [-0.05, 0) is 39.2 Å². The van der Waals surface area contributed by atoms with Gasteiger partial charge in [-0.25, -0.2) is 0 Å². The van der Waals surface area contributed by atoms with Gasteiger partial charge in [-0.15, -0.1) is 0 Å². The van der Waals surface area contributed by atoms with E-state index in [0.717, 1.165) is 19.1 Å². The molecule has 0 bridgehead atoms. The van der Waals surface area contributed by atoms with Crippen LogP contribution in [0, 0.1) is 5.92 Å². The fourth-order valence-electron chi connectivity index (χ4n) is 2.63. The van der Waals surface area contributed by atoms with Crippen LogP contribution in [0.15, 0.2) is 0 Å². The van der Waals surface area contributed by atoms with Crippen molar-refractivity contribution >= 4 is 0 Å². The third kappa shape index (κ3) is 3.25. The van der Waals surface area contributed by atoms with Gasteiger partial charge in [0.25, 0.3) is 0 Å². The highest BCUT2D eigenvalue weighted by Crippen LogP contribution is 2.29. The van der Waals surface area contributed by atoms with Gasteiger partial charge in [0.1, 0.15) is 0 Å². The maximum absolute atomic E-state index is 5.71. The van der Waals surface area contributed by atoms with E-state index in [1.54, 1.807) is 0 Å². The number of hydrogen-bond acceptors (Lipinski definition) is 2. The SMILES string of the molecule is CCNC(C1CCCC1)C(C)OCC. The summed E-state index contributed by atoms with van der Waals surface area (Å²) in [6, 6.07) is 0.572. The molecule has 0 radical (unpaired) electrons. The molecule has 1 fully saturated rings. The monoisotopic (exact) mass is 199 g/mol. The second-order valence-electron chi connectivity index (χ2n) is 4.29. The molecular formula is C12H25NO. The zero-order valence-corrected chi connectivity index (χ0v) is 9.88. The van der Waals surface area contributed by atoms with Gasteiger partial charge in [-0.1, -0.05) is 19.8 Å². The molecular weight excluding hydrogens is 174 g/mol. The third-order valence-corrected chi connectivity index (χ3v) is 3.28. The Balaban J connectivity index is 2.43. The van der Waals surface area contributed by atoms with E-state index in [0.29, 0.717) is 12.1 Å². The fraction of sp³-hybridized carbons (Fsp3) is 1.00. The highest BCUT2D eigenvalue weighted by molar-refractivity contribution is 4.84. The predicted molar refractivity (Wildman–Crippen MR) is 60.5 cm³/mol. The molecule has 1 aliphatic rings. The lowest BCUT2D eigenvalue weighted by Crippen LogP contribution is -2.44. The number of rotatable bonds is 6. The Kier molecular flexibility index (Phi) is 5.49. The van der Waals surface area contributed by atoms with Crippen LogP contribution in [0.2, 0.25) is 0 Å². The largest absolute Gasteiger partial charge is 0.377 e. The lowest BCUT2D eigenvalue weighted by atomic mass is 9.94. The lowest BCUT2D eigenvalue weighted by Gasteiger charge is -2.29. The van der Waals surface area contributed by atoms with E-state index in [-0.39, 0.29) is 0 Å². The third-order valence-electron chi connectivity index (χ3n) is 3.28. The quantitative estimate of drug-likeness (QED) is 0.710. The van der Waals surface area contributed by atoms with Gasteiger partial charge in [0, 0.05) is 12.6 Å². The first-order valence-electron chi connectivity index (χ1n) is 6.14. The maximum atomic E-state index is 5.71. The molecule has 2 unspecified atom stereocenters. The smallest absolute Gasteiger partial charge is 0.0702 e. The molecule has 14 heavy (non-hydrogen) atoms. The standard InChI is InChI=1S/C12H25NO/c1-4-13-12(10(3)14-5-2)11-8-6-7-9-11/h10-13H,4-9H2,1-3H3. The van der Waals surface area contributed by atoms with E-state index in [2.05, 4.69) is 26.1 Å². The number of nitrogens with one attached hydrogen (secondary N) is 1. The Hall–Kier alpha value is -0.0800. The molecule has 0 aromatic rings. The molecule has 2 heteroatoms. The number of ether oxygens (including phenoxy) is 1. The lowest BCUT2D eigenvalue weighted by molar-refractivity contribution is 0.0312. The molecule has 0 heterocycles. The maximum Gasteiger partial charge on any atom is 0.0702 e. The fourth-order valence-corrected chi connectivity index (χ4v) is 2.63. The van der Waals surface area contributed by atoms with E-state index < -0.39 is 0 Å². The van der Waals surface area contributed by atoms with E-state index in [9.17, 15) is 0 Å². The van der Waals surface area contributed by atoms with Crippen LogP contribution < -0.4 is 5.32 Å². The summed E-state index contributed by atoms with van der Waals surface area (Å²) in [5, 5.41) is 3.58. The van der Waals surface area contributed by atoms with Crippen LogP contribution in [-0.4, -0.2) is 25.3 Å². The first kappa shape index (κ1) is 12.0. The van der Waals surface area contributed by atoms with Crippen molar-refractivity contribution in [3.05, 3.63) is 0 Å². The van der Waals surface area contributed by atoms with Crippen LogP contribution in [0.1, 0.15) is 46.5 Å². The first-order valence-corrected chi connectivity index (χ1v) is 6.14. The van der Waals surface area contributed by atoms with E-state index in [1.165, 1.54) is 25.7 Å². The second kappa shape index (κ2) is 6.41. The molecule has 1 aliphatic carbocycles. The minimum atomic E-state index is 0.364. The minimum Gasteiger partial charge on any atom is -0.377 e. The van der Waals surface area contributed by atoms with Crippen LogP contribution in [0.3, 0.4) is 0 Å². The van der Waals surface area contributed by atoms with Crippen molar-refractivity contribution in [3.63, 3.8) is 0 Å². The Morgan fingerprint density at radius 3 is 2.43 bits per heavy atom. The Morgan fingerprint density at radius 1 is 1.29 bits per heavy atom. The van der Waals surface area contributed by atoms with Gasteiger partial charge in [0.05, 0.1) is 6.10 Å². The molecule has 0 saturated heterocycles. The number of likely N-dealkylation sites (N-methyl/N-ethyl adjacent to an activating group) is 1. The molecule has 84 valence electrons. The van der Waals surface area contributed by atoms with Crippen LogP contribution in [0.5, 0.6) is 0 Å². The summed E-state index contributed by atoms with van der Waals surface area (Å²) in [6.07, 6.45) is 5.95. The van der Waals surface area contributed by atoms with Crippen molar-refractivity contribution in [2.24, 2.45) is 5.92 Å². The summed E-state index contributed by atoms with van der Waals surface area (Å²) in [5.74, 6) is 0.844. The first-order chi connectivity index (χ1) is 6.79. The average Bonchev–Trinajstić information content (AvgIpc) is 2.67. The summed E-state index contributed by atoms with van der Waals surface area (Å²) < 4.78 is 5.71. The van der Waals surface area contributed by atoms with Crippen LogP contribution >= 0.6 is 0 Å².